The van der Waals surface area contributed by atoms with Gasteiger partial charge < -0.3 is 15.4 Å². The Morgan fingerprint density at radius 2 is 2.04 bits per heavy atom. The van der Waals surface area contributed by atoms with Gasteiger partial charge in [0.05, 0.1) is 10.5 Å². The third kappa shape index (κ3) is 6.41. The van der Waals surface area contributed by atoms with Gasteiger partial charge in [0.2, 0.25) is 5.91 Å². The number of carbonyl (C=O) groups is 1. The third-order valence-electron chi connectivity index (χ3n) is 3.04. The van der Waals surface area contributed by atoms with Crippen LogP contribution >= 0.6 is 0 Å². The van der Waals surface area contributed by atoms with Crippen LogP contribution < -0.4 is 10.6 Å². The van der Waals surface area contributed by atoms with Crippen molar-refractivity contribution >= 4 is 17.3 Å². The van der Waals surface area contributed by atoms with Gasteiger partial charge in [-0.25, -0.2) is 0 Å². The number of hydrogen-bond donors (Lipinski definition) is 2. The van der Waals surface area contributed by atoms with E-state index in [-0.39, 0.29) is 24.6 Å². The topological polar surface area (TPSA) is 93.5 Å². The van der Waals surface area contributed by atoms with Crippen LogP contribution in [0.2, 0.25) is 0 Å². The van der Waals surface area contributed by atoms with Gasteiger partial charge >= 0.3 is 6.18 Å². The molecule has 10 heteroatoms. The number of nitrogens with zero attached hydrogens (tertiary/aromatic N) is 1. The van der Waals surface area contributed by atoms with E-state index in [1.165, 1.54) is 0 Å². The molecule has 7 nitrogen and oxygen atoms in total. The van der Waals surface area contributed by atoms with E-state index in [2.05, 4.69) is 10.6 Å². The first-order chi connectivity index (χ1) is 11.3. The maximum absolute atomic E-state index is 12.6. The molecule has 2 N–H and O–H groups in total. The fourth-order valence-electron chi connectivity index (χ4n) is 1.85. The van der Waals surface area contributed by atoms with Gasteiger partial charge in [0.25, 0.3) is 5.69 Å². The summed E-state index contributed by atoms with van der Waals surface area (Å²) in [4.78, 5) is 21.5. The Labute approximate surface area is 136 Å². The van der Waals surface area contributed by atoms with Crippen LogP contribution in [-0.2, 0) is 15.7 Å². The van der Waals surface area contributed by atoms with Crippen molar-refractivity contribution in [1.82, 2.24) is 5.32 Å². The number of nitro benzene ring substituents is 1. The van der Waals surface area contributed by atoms with Crippen LogP contribution in [0.3, 0.4) is 0 Å². The van der Waals surface area contributed by atoms with E-state index in [1.54, 1.807) is 7.11 Å². The lowest BCUT2D eigenvalue weighted by Gasteiger charge is -2.10. The maximum Gasteiger partial charge on any atom is 0.416 e. The number of halogens is 3. The van der Waals surface area contributed by atoms with Crippen LogP contribution in [-0.4, -0.2) is 37.6 Å². The third-order valence-corrected chi connectivity index (χ3v) is 3.04. The summed E-state index contributed by atoms with van der Waals surface area (Å²) in [5, 5.41) is 16.1. The van der Waals surface area contributed by atoms with Crippen LogP contribution in [0.15, 0.2) is 18.2 Å². The lowest BCUT2D eigenvalue weighted by molar-refractivity contribution is -0.384. The Balaban J connectivity index is 2.58. The summed E-state index contributed by atoms with van der Waals surface area (Å²) < 4.78 is 42.6. The summed E-state index contributed by atoms with van der Waals surface area (Å²) in [5.74, 6) is -0.270. The van der Waals surface area contributed by atoms with Crippen molar-refractivity contribution in [3.63, 3.8) is 0 Å². The van der Waals surface area contributed by atoms with E-state index in [0.717, 1.165) is 12.1 Å². The molecule has 0 saturated carbocycles. The van der Waals surface area contributed by atoms with Gasteiger partial charge in [0.15, 0.2) is 0 Å². The zero-order valence-corrected chi connectivity index (χ0v) is 13.0. The molecule has 0 aliphatic heterocycles. The van der Waals surface area contributed by atoms with Gasteiger partial charge in [-0.3, -0.25) is 14.9 Å². The predicted octanol–water partition coefficient (Wildman–Crippen LogP) is 2.57. The first-order valence-electron chi connectivity index (χ1n) is 7.11. The van der Waals surface area contributed by atoms with E-state index >= 15 is 0 Å². The summed E-state index contributed by atoms with van der Waals surface area (Å²) in [6.07, 6.45) is -3.98. The van der Waals surface area contributed by atoms with Crippen LogP contribution in [0.5, 0.6) is 0 Å². The minimum Gasteiger partial charge on any atom is -0.385 e. The summed E-state index contributed by atoms with van der Waals surface area (Å²) in [5.41, 5.74) is -1.86. The fraction of sp³-hybridized carbons (Fsp3) is 0.500. The number of rotatable bonds is 9. The number of alkyl halides is 3. The highest BCUT2D eigenvalue weighted by Crippen LogP contribution is 2.34. The summed E-state index contributed by atoms with van der Waals surface area (Å²) in [6, 6.07) is 2.20. The molecule has 1 aromatic carbocycles. The van der Waals surface area contributed by atoms with Crippen LogP contribution in [0, 0.1) is 10.1 Å². The Hall–Kier alpha value is -2.36. The number of anilines is 1. The molecular weight excluding hydrogens is 331 g/mol. The molecule has 0 fully saturated rings. The molecule has 0 saturated heterocycles. The number of ether oxygens (including phenoxy) is 1. The average Bonchev–Trinajstić information content (AvgIpc) is 2.50. The lowest BCUT2D eigenvalue weighted by atomic mass is 10.1. The van der Waals surface area contributed by atoms with Crippen molar-refractivity contribution in [2.75, 3.05) is 32.1 Å². The number of nitrogens with one attached hydrogen (secondary N) is 2. The largest absolute Gasteiger partial charge is 0.416 e. The van der Waals surface area contributed by atoms with Crippen molar-refractivity contribution in [1.29, 1.82) is 0 Å². The predicted molar refractivity (Wildman–Crippen MR) is 80.7 cm³/mol. The highest BCUT2D eigenvalue weighted by Gasteiger charge is 2.32. The second-order valence-corrected chi connectivity index (χ2v) is 4.86. The fourth-order valence-corrected chi connectivity index (χ4v) is 1.85. The van der Waals surface area contributed by atoms with Gasteiger partial charge in [0, 0.05) is 39.3 Å². The molecule has 1 rings (SSSR count). The highest BCUT2D eigenvalue weighted by molar-refractivity contribution is 5.76. The van der Waals surface area contributed by atoms with Gasteiger partial charge in [-0.2, -0.15) is 13.2 Å². The maximum atomic E-state index is 12.6. The van der Waals surface area contributed by atoms with Crippen molar-refractivity contribution in [2.45, 2.75) is 19.0 Å². The Morgan fingerprint density at radius 1 is 1.33 bits per heavy atom. The molecular formula is C14H18F3N3O4. The normalized spacial score (nSPS) is 11.2. The number of amides is 1. The van der Waals surface area contributed by atoms with Crippen LogP contribution in [0.4, 0.5) is 24.5 Å². The van der Waals surface area contributed by atoms with E-state index in [9.17, 15) is 28.1 Å². The summed E-state index contributed by atoms with van der Waals surface area (Å²) >= 11 is 0. The smallest absolute Gasteiger partial charge is 0.385 e. The molecule has 0 aromatic heterocycles. The zero-order chi connectivity index (χ0) is 18.2. The SMILES string of the molecule is COCCCNC(=O)CCNc1ccc(C(F)(F)F)cc1[N+](=O)[O-]. The molecule has 24 heavy (non-hydrogen) atoms. The van der Waals surface area contributed by atoms with E-state index in [4.69, 9.17) is 4.74 Å². The minimum absolute atomic E-state index is 0.0329. The molecule has 0 spiro atoms. The number of benzene rings is 1. The average molecular weight is 349 g/mol. The summed E-state index contributed by atoms with van der Waals surface area (Å²) in [7, 11) is 1.54. The van der Waals surface area contributed by atoms with Gasteiger partial charge in [-0.05, 0) is 18.6 Å². The molecule has 0 aliphatic rings. The number of carbonyl (C=O) groups excluding carboxylic acids is 1. The van der Waals surface area contributed by atoms with Crippen LogP contribution in [0.1, 0.15) is 18.4 Å². The Kier molecular flexibility index (Phi) is 7.43. The summed E-state index contributed by atoms with van der Waals surface area (Å²) in [6.45, 7) is 1.01. The van der Waals surface area contributed by atoms with Crippen molar-refractivity contribution in [2.24, 2.45) is 0 Å². The Bertz CT molecular complexity index is 579. The zero-order valence-electron chi connectivity index (χ0n) is 13.0. The molecule has 0 aliphatic carbocycles. The molecule has 0 heterocycles. The van der Waals surface area contributed by atoms with E-state index in [1.807, 2.05) is 0 Å². The number of hydrogen-bond acceptors (Lipinski definition) is 5. The molecule has 1 aromatic rings. The van der Waals surface area contributed by atoms with Crippen molar-refractivity contribution in [3.05, 3.63) is 33.9 Å². The first-order valence-corrected chi connectivity index (χ1v) is 7.11. The van der Waals surface area contributed by atoms with E-state index < -0.39 is 22.4 Å². The van der Waals surface area contributed by atoms with Gasteiger partial charge in [-0.1, -0.05) is 0 Å². The molecule has 1 amide bonds. The molecule has 0 bridgehead atoms. The highest BCUT2D eigenvalue weighted by atomic mass is 19.4. The lowest BCUT2D eigenvalue weighted by Crippen LogP contribution is -2.27. The first kappa shape index (κ1) is 19.7. The second kappa shape index (κ2) is 9.06. The number of methoxy groups -OCH3 is 1. The molecule has 0 radical (unpaired) electrons. The monoisotopic (exact) mass is 349 g/mol. The molecule has 0 atom stereocenters. The van der Waals surface area contributed by atoms with Crippen molar-refractivity contribution < 1.29 is 27.6 Å². The Morgan fingerprint density at radius 3 is 2.62 bits per heavy atom. The van der Waals surface area contributed by atoms with Gasteiger partial charge in [-0.15, -0.1) is 0 Å². The number of nitro groups is 1. The van der Waals surface area contributed by atoms with E-state index in [0.29, 0.717) is 25.6 Å². The van der Waals surface area contributed by atoms with Crippen LogP contribution in [0.25, 0.3) is 0 Å². The quantitative estimate of drug-likeness (QED) is 0.406. The van der Waals surface area contributed by atoms with Gasteiger partial charge in [0.1, 0.15) is 5.69 Å². The second-order valence-electron chi connectivity index (χ2n) is 4.86. The standard InChI is InChI=1S/C14H18F3N3O4/c1-24-8-2-6-19-13(21)5-7-18-11-4-3-10(14(15,16)17)9-12(11)20(22)23/h3-4,9,18H,2,5-8H2,1H3,(H,19,21). The van der Waals surface area contributed by atoms with Crippen molar-refractivity contribution in [3.8, 4) is 0 Å². The minimum atomic E-state index is -4.66. The molecule has 134 valence electrons. The molecule has 0 unspecified atom stereocenters.